The van der Waals surface area contributed by atoms with Gasteiger partial charge in [0.2, 0.25) is 11.5 Å². The maximum atomic E-state index is 13.3. The first-order valence-corrected chi connectivity index (χ1v) is 22.1. The van der Waals surface area contributed by atoms with E-state index in [-0.39, 0.29) is 60.0 Å². The summed E-state index contributed by atoms with van der Waals surface area (Å²) in [5.41, 5.74) is 3.17. The first kappa shape index (κ1) is 38.7. The molecule has 3 aromatic rings. The van der Waals surface area contributed by atoms with Crippen molar-refractivity contribution in [2.24, 2.45) is 17.8 Å². The summed E-state index contributed by atoms with van der Waals surface area (Å²) < 4.78 is 24.8. The van der Waals surface area contributed by atoms with Crippen LogP contribution in [0.25, 0.3) is 11.1 Å². The van der Waals surface area contributed by atoms with Gasteiger partial charge in [-0.2, -0.15) is 0 Å². The molecule has 3 aromatic carbocycles. The minimum absolute atomic E-state index is 0.0199. The molecule has 298 valence electrons. The number of phenolic OH excluding ortho intramolecular Hbond substituents is 3. The maximum Gasteiger partial charge on any atom is 0.207 e. The number of hydrogen-bond acceptors (Lipinski definition) is 12. The quantitative estimate of drug-likeness (QED) is 0.110. The molecule has 55 heavy (non-hydrogen) atoms. The molecule has 6 bridgehead atoms. The molecule has 1 spiro atoms. The van der Waals surface area contributed by atoms with E-state index >= 15 is 0 Å². The van der Waals surface area contributed by atoms with E-state index in [1.807, 2.05) is 39.8 Å². The number of aliphatic hydroxyl groups is 3. The molecule has 5 aliphatic rings. The first-order valence-electron chi connectivity index (χ1n) is 19.8. The molecule has 8 rings (SSSR count). The zero-order chi connectivity index (χ0) is 38.8. The van der Waals surface area contributed by atoms with Crippen molar-refractivity contribution in [3.05, 3.63) is 52.6 Å². The van der Waals surface area contributed by atoms with Crippen LogP contribution in [0, 0.1) is 17.8 Å². The van der Waals surface area contributed by atoms with E-state index in [0.29, 0.717) is 48.7 Å². The van der Waals surface area contributed by atoms with E-state index in [4.69, 9.17) is 18.9 Å². The van der Waals surface area contributed by atoms with E-state index in [2.05, 4.69) is 20.8 Å². The fourth-order valence-corrected chi connectivity index (χ4v) is 14.0. The molecular formula is C43H54O10S2. The van der Waals surface area contributed by atoms with E-state index < -0.39 is 28.3 Å². The summed E-state index contributed by atoms with van der Waals surface area (Å²) in [7, 11) is 5.12. The molecule has 1 saturated heterocycles. The third-order valence-corrected chi connectivity index (χ3v) is 16.7. The Kier molecular flexibility index (Phi) is 10.5. The van der Waals surface area contributed by atoms with Gasteiger partial charge in [0.25, 0.3) is 0 Å². The zero-order valence-corrected chi connectivity index (χ0v) is 33.7. The molecular weight excluding hydrogens is 741 g/mol. The topological polar surface area (TPSA) is 158 Å². The molecule has 0 amide bonds. The SMILES string of the molecule is COc1c(O)c(OCCC(C)C)cc([C@@]23CC[C@@]45CC[C@@H](C[C@@H]6c7cc(O)ccc7-c7c(OCCO)cc(c(c7[C@H]6CO)[C@@H]4[C@H]2O)O3)[C@H](C)CCSS5)c1O. The molecule has 6 N–H and O–H groups in total. The third kappa shape index (κ3) is 6.20. The number of fused-ring (bicyclic) bond motifs is 7. The minimum atomic E-state index is -1.47. The Morgan fingerprint density at radius 3 is 2.49 bits per heavy atom. The molecule has 8 atom stereocenters. The predicted octanol–water partition coefficient (Wildman–Crippen LogP) is 7.93. The number of ether oxygens (including phenoxy) is 4. The zero-order valence-electron chi connectivity index (χ0n) is 32.0. The normalized spacial score (nSPS) is 30.5. The van der Waals surface area contributed by atoms with Gasteiger partial charge in [-0.1, -0.05) is 48.4 Å². The van der Waals surface area contributed by atoms with Gasteiger partial charge in [-0.3, -0.25) is 0 Å². The number of aromatic hydroxyl groups is 3. The summed E-state index contributed by atoms with van der Waals surface area (Å²) in [6.07, 6.45) is 4.30. The van der Waals surface area contributed by atoms with Crippen molar-refractivity contribution >= 4 is 21.6 Å². The van der Waals surface area contributed by atoms with Crippen molar-refractivity contribution in [3.63, 3.8) is 0 Å². The predicted molar refractivity (Wildman–Crippen MR) is 214 cm³/mol. The molecule has 0 radical (unpaired) electrons. The summed E-state index contributed by atoms with van der Waals surface area (Å²) in [4.78, 5) is 0. The van der Waals surface area contributed by atoms with Gasteiger partial charge in [-0.25, -0.2) is 0 Å². The van der Waals surface area contributed by atoms with Crippen LogP contribution in [0.1, 0.15) is 106 Å². The average molecular weight is 795 g/mol. The molecule has 2 aliphatic heterocycles. The summed E-state index contributed by atoms with van der Waals surface area (Å²) in [6, 6.07) is 8.89. The highest BCUT2D eigenvalue weighted by Crippen LogP contribution is 2.70. The number of methoxy groups -OCH3 is 1. The van der Waals surface area contributed by atoms with Gasteiger partial charge in [0.1, 0.15) is 30.0 Å². The van der Waals surface area contributed by atoms with Crippen LogP contribution in [0.4, 0.5) is 0 Å². The summed E-state index contributed by atoms with van der Waals surface area (Å²) in [5.74, 6) is 1.54. The minimum Gasteiger partial charge on any atom is -0.508 e. The van der Waals surface area contributed by atoms with Gasteiger partial charge in [-0.15, -0.1) is 0 Å². The first-order chi connectivity index (χ1) is 26.5. The van der Waals surface area contributed by atoms with Crippen LogP contribution in [-0.2, 0) is 5.60 Å². The molecule has 3 aliphatic carbocycles. The van der Waals surface area contributed by atoms with E-state index in [1.54, 1.807) is 12.1 Å². The molecule has 0 aromatic heterocycles. The van der Waals surface area contributed by atoms with E-state index in [0.717, 1.165) is 65.7 Å². The van der Waals surface area contributed by atoms with Gasteiger partial charge >= 0.3 is 0 Å². The molecule has 1 saturated carbocycles. The lowest BCUT2D eigenvalue weighted by Crippen LogP contribution is -2.61. The number of benzene rings is 3. The number of aliphatic hydroxyl groups excluding tert-OH is 3. The second-order valence-electron chi connectivity index (χ2n) is 16.7. The Hall–Kier alpha value is -3.16. The lowest BCUT2D eigenvalue weighted by molar-refractivity contribution is -0.124. The van der Waals surface area contributed by atoms with Crippen LogP contribution in [0.5, 0.6) is 40.2 Å². The van der Waals surface area contributed by atoms with Gasteiger partial charge in [0.15, 0.2) is 17.1 Å². The number of rotatable bonds is 10. The largest absolute Gasteiger partial charge is 0.508 e. The van der Waals surface area contributed by atoms with Crippen molar-refractivity contribution in [1.29, 1.82) is 0 Å². The van der Waals surface area contributed by atoms with E-state index in [1.165, 1.54) is 7.11 Å². The molecule has 0 unspecified atom stereocenters. The number of hydrogen-bond donors (Lipinski definition) is 6. The molecule has 2 fully saturated rings. The Morgan fingerprint density at radius 1 is 0.945 bits per heavy atom. The lowest BCUT2D eigenvalue weighted by Gasteiger charge is -2.59. The Balaban J connectivity index is 1.43. The Labute approximate surface area is 331 Å². The third-order valence-electron chi connectivity index (χ3n) is 13.3. The van der Waals surface area contributed by atoms with Crippen molar-refractivity contribution in [1.82, 2.24) is 0 Å². The molecule has 12 heteroatoms. The smallest absolute Gasteiger partial charge is 0.207 e. The fraction of sp³-hybridized carbons (Fsp3) is 0.581. The maximum absolute atomic E-state index is 13.3. The highest BCUT2D eigenvalue weighted by Gasteiger charge is 2.64. The Morgan fingerprint density at radius 2 is 1.75 bits per heavy atom. The fourth-order valence-electron chi connectivity index (χ4n) is 10.4. The molecule has 10 nitrogen and oxygen atoms in total. The van der Waals surface area contributed by atoms with Crippen LogP contribution >= 0.6 is 21.6 Å². The summed E-state index contributed by atoms with van der Waals surface area (Å²) >= 11 is 0. The van der Waals surface area contributed by atoms with Gasteiger partial charge in [0.05, 0.1) is 26.9 Å². The van der Waals surface area contributed by atoms with Crippen molar-refractivity contribution in [2.75, 3.05) is 39.3 Å². The van der Waals surface area contributed by atoms with Crippen molar-refractivity contribution < 1.29 is 49.6 Å². The van der Waals surface area contributed by atoms with Crippen LogP contribution < -0.4 is 18.9 Å². The molecule has 2 heterocycles. The average Bonchev–Trinajstić information content (AvgIpc) is 3.23. The monoisotopic (exact) mass is 794 g/mol. The van der Waals surface area contributed by atoms with Crippen molar-refractivity contribution in [3.8, 4) is 51.4 Å². The highest BCUT2D eigenvalue weighted by atomic mass is 33.1. The highest BCUT2D eigenvalue weighted by molar-refractivity contribution is 8.77. The van der Waals surface area contributed by atoms with Gasteiger partial charge in [-0.05, 0) is 104 Å². The van der Waals surface area contributed by atoms with Crippen LogP contribution in [-0.4, -0.2) is 80.8 Å². The summed E-state index contributed by atoms with van der Waals surface area (Å²) in [5, 5.41) is 68.8. The van der Waals surface area contributed by atoms with Gasteiger partial charge in [0, 0.05) is 45.1 Å². The van der Waals surface area contributed by atoms with Gasteiger partial charge < -0.3 is 49.6 Å². The second-order valence-corrected chi connectivity index (χ2v) is 19.5. The Bertz CT molecular complexity index is 1940. The van der Waals surface area contributed by atoms with Crippen molar-refractivity contribution in [2.45, 2.75) is 99.9 Å². The van der Waals surface area contributed by atoms with E-state index in [9.17, 15) is 30.6 Å². The standard InChI is InChI=1S/C43H54O10S2/c1-22(2)8-14-51-33-19-30(38(47)40(50-4)39(33)48)43-12-11-42-10-7-24(23(3)9-16-54-55-42)17-27-28-18-25(46)5-6-26(28)34-31(52-15-13-44)20-32(53-43)36(37(42)41(43)49)35(34)29(27)21-45/h5-6,18-20,22-24,27,29,37,41,44-49H,7-17,21H2,1-4H3/t23-,24+,27-,29+,37-,41-,42+,43+/m1/s1. The van der Waals surface area contributed by atoms with Crippen LogP contribution in [0.2, 0.25) is 0 Å². The summed E-state index contributed by atoms with van der Waals surface area (Å²) in [6.45, 7) is 6.49. The lowest BCUT2D eigenvalue weighted by atomic mass is 9.56. The van der Waals surface area contributed by atoms with Crippen LogP contribution in [0.15, 0.2) is 30.3 Å². The second kappa shape index (κ2) is 15.0. The van der Waals surface area contributed by atoms with Crippen LogP contribution in [0.3, 0.4) is 0 Å². The number of phenols is 3.